The number of ether oxygens (including phenoxy) is 2. The predicted molar refractivity (Wildman–Crippen MR) is 95.3 cm³/mol. The van der Waals surface area contributed by atoms with Crippen molar-refractivity contribution in [2.24, 2.45) is 0 Å². The van der Waals surface area contributed by atoms with Crippen LogP contribution in [0.5, 0.6) is 5.75 Å². The van der Waals surface area contributed by atoms with Gasteiger partial charge in [-0.25, -0.2) is 4.79 Å². The Bertz CT molecular complexity index is 808. The summed E-state index contributed by atoms with van der Waals surface area (Å²) in [5, 5.41) is 7.17. The molecule has 3 rings (SSSR count). The number of aromatic nitrogens is 2. The minimum atomic E-state index is -0.563. The number of fused-ring (bicyclic) bond motifs is 1. The molecule has 0 saturated heterocycles. The Morgan fingerprint density at radius 3 is 2.54 bits per heavy atom. The van der Waals surface area contributed by atoms with Crippen molar-refractivity contribution in [1.29, 1.82) is 0 Å². The van der Waals surface area contributed by atoms with Gasteiger partial charge in [-0.05, 0) is 45.0 Å². The lowest BCUT2D eigenvalue weighted by Crippen LogP contribution is -2.33. The molecule has 0 unspecified atom stereocenters. The lowest BCUT2D eigenvalue weighted by molar-refractivity contribution is -0.106. The number of hydrogen-bond acceptors (Lipinski definition) is 5. The SMILES string of the molecule is COc1ccc(N(C=O)c2n[nH]c3c2CN(C(=O)OC(C)(C)C)C3)cc1. The summed E-state index contributed by atoms with van der Waals surface area (Å²) >= 11 is 0. The number of H-pyrrole nitrogens is 1. The van der Waals surface area contributed by atoms with Crippen LogP contribution in [0.1, 0.15) is 32.0 Å². The maximum absolute atomic E-state index is 12.3. The van der Waals surface area contributed by atoms with Gasteiger partial charge in [0.2, 0.25) is 6.41 Å². The quantitative estimate of drug-likeness (QED) is 0.849. The fourth-order valence-electron chi connectivity index (χ4n) is 2.76. The van der Waals surface area contributed by atoms with E-state index in [1.807, 2.05) is 20.8 Å². The van der Waals surface area contributed by atoms with E-state index in [9.17, 15) is 9.59 Å². The number of amides is 2. The maximum atomic E-state index is 12.3. The van der Waals surface area contributed by atoms with Gasteiger partial charge in [0.05, 0.1) is 31.6 Å². The summed E-state index contributed by atoms with van der Waals surface area (Å²) in [6, 6.07) is 7.08. The van der Waals surface area contributed by atoms with Crippen molar-refractivity contribution in [2.45, 2.75) is 39.5 Å². The predicted octanol–water partition coefficient (Wildman–Crippen LogP) is 2.96. The van der Waals surface area contributed by atoms with Crippen LogP contribution in [0.4, 0.5) is 16.3 Å². The average molecular weight is 358 g/mol. The molecule has 0 bridgehead atoms. The zero-order chi connectivity index (χ0) is 18.9. The molecule has 1 aliphatic heterocycles. The van der Waals surface area contributed by atoms with Gasteiger partial charge in [-0.1, -0.05) is 0 Å². The standard InChI is InChI=1S/C18H22N4O4/c1-18(2,3)26-17(24)21-9-14-15(10-21)19-20-16(14)22(11-23)12-5-7-13(25-4)8-6-12/h5-8,11H,9-10H2,1-4H3,(H,19,20). The van der Waals surface area contributed by atoms with Gasteiger partial charge in [-0.3, -0.25) is 19.7 Å². The fourth-order valence-corrected chi connectivity index (χ4v) is 2.76. The van der Waals surface area contributed by atoms with Gasteiger partial charge in [0.1, 0.15) is 11.4 Å². The molecule has 0 fully saturated rings. The summed E-state index contributed by atoms with van der Waals surface area (Å²) in [7, 11) is 1.58. The summed E-state index contributed by atoms with van der Waals surface area (Å²) in [6.45, 7) is 6.17. The van der Waals surface area contributed by atoms with Gasteiger partial charge in [-0.15, -0.1) is 0 Å². The lowest BCUT2D eigenvalue weighted by Gasteiger charge is -2.24. The number of nitrogens with zero attached hydrogens (tertiary/aromatic N) is 3. The third-order valence-electron chi connectivity index (χ3n) is 3.96. The summed E-state index contributed by atoms with van der Waals surface area (Å²) < 4.78 is 10.6. The van der Waals surface area contributed by atoms with E-state index < -0.39 is 11.7 Å². The van der Waals surface area contributed by atoms with Crippen molar-refractivity contribution in [3.8, 4) is 5.75 Å². The first kappa shape index (κ1) is 17.8. The molecule has 8 nitrogen and oxygen atoms in total. The fraction of sp³-hybridized carbons (Fsp3) is 0.389. The van der Waals surface area contributed by atoms with Gasteiger partial charge in [-0.2, -0.15) is 5.10 Å². The molecule has 2 heterocycles. The molecule has 0 radical (unpaired) electrons. The van der Waals surface area contributed by atoms with Gasteiger partial charge >= 0.3 is 6.09 Å². The molecule has 1 aromatic carbocycles. The highest BCUT2D eigenvalue weighted by Gasteiger charge is 2.32. The molecule has 2 amide bonds. The van der Waals surface area contributed by atoms with E-state index in [0.717, 1.165) is 11.3 Å². The third-order valence-corrected chi connectivity index (χ3v) is 3.96. The van der Waals surface area contributed by atoms with Crippen LogP contribution < -0.4 is 9.64 Å². The van der Waals surface area contributed by atoms with E-state index >= 15 is 0 Å². The normalized spacial score (nSPS) is 13.3. The van der Waals surface area contributed by atoms with Crippen LogP contribution in [0.15, 0.2) is 24.3 Å². The van der Waals surface area contributed by atoms with Crippen LogP contribution in [0.25, 0.3) is 0 Å². The second-order valence-corrected chi connectivity index (χ2v) is 7.01. The topological polar surface area (TPSA) is 87.8 Å². The second-order valence-electron chi connectivity index (χ2n) is 7.01. The van der Waals surface area contributed by atoms with Crippen molar-refractivity contribution < 1.29 is 19.1 Å². The number of benzene rings is 1. The van der Waals surface area contributed by atoms with E-state index in [0.29, 0.717) is 36.8 Å². The minimum absolute atomic E-state index is 0.330. The molecular formula is C18H22N4O4. The Morgan fingerprint density at radius 2 is 1.96 bits per heavy atom. The zero-order valence-electron chi connectivity index (χ0n) is 15.3. The molecule has 0 saturated carbocycles. The van der Waals surface area contributed by atoms with Gasteiger partial charge in [0, 0.05) is 5.56 Å². The molecule has 0 atom stereocenters. The summed E-state index contributed by atoms with van der Waals surface area (Å²) in [5.74, 6) is 1.18. The Morgan fingerprint density at radius 1 is 1.27 bits per heavy atom. The maximum Gasteiger partial charge on any atom is 0.410 e. The summed E-state index contributed by atoms with van der Waals surface area (Å²) in [6.07, 6.45) is 0.309. The Labute approximate surface area is 151 Å². The van der Waals surface area contributed by atoms with Gasteiger partial charge < -0.3 is 9.47 Å². The lowest BCUT2D eigenvalue weighted by atomic mass is 10.2. The minimum Gasteiger partial charge on any atom is -0.497 e. The van der Waals surface area contributed by atoms with Crippen molar-refractivity contribution in [1.82, 2.24) is 15.1 Å². The van der Waals surface area contributed by atoms with Crippen LogP contribution in [-0.2, 0) is 22.6 Å². The van der Waals surface area contributed by atoms with E-state index in [1.165, 1.54) is 4.90 Å². The summed E-state index contributed by atoms with van der Waals surface area (Å²) in [5.41, 5.74) is 1.70. The second kappa shape index (κ2) is 6.70. The first-order valence-electron chi connectivity index (χ1n) is 8.25. The average Bonchev–Trinajstić information content (AvgIpc) is 3.16. The van der Waals surface area contributed by atoms with Crippen molar-refractivity contribution in [3.63, 3.8) is 0 Å². The summed E-state index contributed by atoms with van der Waals surface area (Å²) in [4.78, 5) is 27.0. The van der Waals surface area contributed by atoms with Crippen LogP contribution in [0, 0.1) is 0 Å². The first-order chi connectivity index (χ1) is 12.3. The number of aromatic amines is 1. The highest BCUT2D eigenvalue weighted by atomic mass is 16.6. The van der Waals surface area contributed by atoms with Crippen LogP contribution in [0.3, 0.4) is 0 Å². The smallest absolute Gasteiger partial charge is 0.410 e. The number of anilines is 2. The molecular weight excluding hydrogens is 336 g/mol. The molecule has 8 heteroatoms. The number of carbonyl (C=O) groups is 2. The highest BCUT2D eigenvalue weighted by Crippen LogP contribution is 2.33. The van der Waals surface area contributed by atoms with Gasteiger partial charge in [0.25, 0.3) is 0 Å². The van der Waals surface area contributed by atoms with E-state index in [4.69, 9.17) is 9.47 Å². The number of carbonyl (C=O) groups excluding carboxylic acids is 2. The molecule has 1 aromatic heterocycles. The molecule has 2 aromatic rings. The number of methoxy groups -OCH3 is 1. The number of hydrogen-bond donors (Lipinski definition) is 1. The van der Waals surface area contributed by atoms with Crippen molar-refractivity contribution in [3.05, 3.63) is 35.5 Å². The molecule has 138 valence electrons. The largest absolute Gasteiger partial charge is 0.497 e. The number of rotatable bonds is 4. The highest BCUT2D eigenvalue weighted by molar-refractivity contribution is 5.86. The van der Waals surface area contributed by atoms with Crippen LogP contribution >= 0.6 is 0 Å². The van der Waals surface area contributed by atoms with Crippen LogP contribution in [-0.4, -0.2) is 40.3 Å². The molecule has 1 aliphatic rings. The van der Waals surface area contributed by atoms with Crippen molar-refractivity contribution >= 4 is 24.0 Å². The Hall–Kier alpha value is -3.03. The Balaban J connectivity index is 1.82. The van der Waals surface area contributed by atoms with Crippen LogP contribution in [0.2, 0.25) is 0 Å². The zero-order valence-corrected chi connectivity index (χ0v) is 15.3. The molecule has 26 heavy (non-hydrogen) atoms. The van der Waals surface area contributed by atoms with E-state index in [1.54, 1.807) is 36.3 Å². The number of nitrogens with one attached hydrogen (secondary N) is 1. The van der Waals surface area contributed by atoms with Gasteiger partial charge in [0.15, 0.2) is 5.82 Å². The molecule has 1 N–H and O–H groups in total. The monoisotopic (exact) mass is 358 g/mol. The third kappa shape index (κ3) is 3.49. The van der Waals surface area contributed by atoms with E-state index in [2.05, 4.69) is 10.2 Å². The van der Waals surface area contributed by atoms with E-state index in [-0.39, 0.29) is 0 Å². The Kier molecular flexibility index (Phi) is 4.58. The molecule has 0 spiro atoms. The van der Waals surface area contributed by atoms with Crippen molar-refractivity contribution in [2.75, 3.05) is 12.0 Å². The first-order valence-corrected chi connectivity index (χ1v) is 8.25. The molecule has 0 aliphatic carbocycles.